The van der Waals surface area contributed by atoms with Crippen LogP contribution >= 0.6 is 0 Å². The molecule has 1 aromatic carbocycles. The number of rotatable bonds is 6. The second kappa shape index (κ2) is 9.14. The lowest BCUT2D eigenvalue weighted by Gasteiger charge is -2.34. The van der Waals surface area contributed by atoms with E-state index in [1.54, 1.807) is 16.4 Å². The minimum atomic E-state index is -3.43. The van der Waals surface area contributed by atoms with Crippen LogP contribution in [0.4, 0.5) is 0 Å². The van der Waals surface area contributed by atoms with Gasteiger partial charge in [0.05, 0.1) is 4.90 Å². The number of hydrogen-bond donors (Lipinski definition) is 0. The molecule has 29 heavy (non-hydrogen) atoms. The molecule has 1 aliphatic carbocycles. The van der Waals surface area contributed by atoms with Crippen LogP contribution in [0.15, 0.2) is 29.2 Å². The second-order valence-electron chi connectivity index (χ2n) is 8.63. The minimum absolute atomic E-state index is 0.253. The highest BCUT2D eigenvalue weighted by atomic mass is 32.2. The fraction of sp³-hybridized carbons (Fsp3) is 0.682. The highest BCUT2D eigenvalue weighted by Gasteiger charge is 2.29. The molecule has 4 rings (SSSR count). The smallest absolute Gasteiger partial charge is 0.243 e. The fourth-order valence-electron chi connectivity index (χ4n) is 4.89. The van der Waals surface area contributed by atoms with Crippen LogP contribution < -0.4 is 0 Å². The van der Waals surface area contributed by atoms with Gasteiger partial charge in [-0.05, 0) is 42.9 Å². The molecule has 7 heteroatoms. The number of hydrogen-bond acceptors (Lipinski definition) is 4. The number of carbonyl (C=O) groups is 1. The van der Waals surface area contributed by atoms with Crippen LogP contribution in [0.2, 0.25) is 0 Å². The molecule has 1 saturated carbocycles. The van der Waals surface area contributed by atoms with E-state index in [2.05, 4.69) is 4.90 Å². The number of nitrogens with zero attached hydrogens (tertiary/aromatic N) is 3. The Morgan fingerprint density at radius 2 is 1.52 bits per heavy atom. The number of amides is 1. The third-order valence-electron chi connectivity index (χ3n) is 6.78. The van der Waals surface area contributed by atoms with Crippen LogP contribution in [0.25, 0.3) is 0 Å². The van der Waals surface area contributed by atoms with Gasteiger partial charge < -0.3 is 4.90 Å². The molecule has 2 saturated heterocycles. The van der Waals surface area contributed by atoms with E-state index in [0.29, 0.717) is 30.3 Å². The maximum absolute atomic E-state index is 13.0. The van der Waals surface area contributed by atoms with Gasteiger partial charge in [-0.1, -0.05) is 31.4 Å². The maximum atomic E-state index is 13.0. The monoisotopic (exact) mass is 419 g/mol. The van der Waals surface area contributed by atoms with E-state index in [4.69, 9.17) is 0 Å². The van der Waals surface area contributed by atoms with Gasteiger partial charge in [-0.2, -0.15) is 4.31 Å². The van der Waals surface area contributed by atoms with Crippen LogP contribution in [-0.4, -0.2) is 74.2 Å². The summed E-state index contributed by atoms with van der Waals surface area (Å²) in [6.07, 6.45) is 7.95. The largest absolute Gasteiger partial charge is 0.341 e. The van der Waals surface area contributed by atoms with Crippen molar-refractivity contribution in [3.8, 4) is 0 Å². The second-order valence-corrected chi connectivity index (χ2v) is 10.6. The zero-order valence-corrected chi connectivity index (χ0v) is 18.1. The summed E-state index contributed by atoms with van der Waals surface area (Å²) in [7, 11) is -3.43. The molecule has 2 heterocycles. The molecule has 1 aromatic rings. The molecule has 0 N–H and O–H groups in total. The zero-order valence-electron chi connectivity index (χ0n) is 17.3. The molecule has 0 atom stereocenters. The van der Waals surface area contributed by atoms with Crippen molar-refractivity contribution >= 4 is 15.9 Å². The lowest BCUT2D eigenvalue weighted by Crippen LogP contribution is -2.50. The first kappa shape index (κ1) is 20.8. The molecule has 160 valence electrons. The normalized spacial score (nSPS) is 23.0. The standard InChI is InChI=1S/C22H33N3O3S/c26-22-7-4-12-24(22)16-13-23-14-17-25(18-15-23)29(27,28)21-10-8-20(9-11-21)19-5-2-1-3-6-19/h8-11,19H,1-7,12-18H2. The van der Waals surface area contributed by atoms with Crippen molar-refractivity contribution < 1.29 is 13.2 Å². The molecule has 0 spiro atoms. The van der Waals surface area contributed by atoms with Crippen LogP contribution in [0, 0.1) is 0 Å². The first-order chi connectivity index (χ1) is 14.0. The van der Waals surface area contributed by atoms with Gasteiger partial charge in [0.15, 0.2) is 0 Å². The predicted molar refractivity (Wildman–Crippen MR) is 113 cm³/mol. The summed E-state index contributed by atoms with van der Waals surface area (Å²) in [6, 6.07) is 7.63. The topological polar surface area (TPSA) is 60.9 Å². The van der Waals surface area contributed by atoms with Gasteiger partial charge in [-0.3, -0.25) is 9.69 Å². The van der Waals surface area contributed by atoms with E-state index in [9.17, 15) is 13.2 Å². The lowest BCUT2D eigenvalue weighted by atomic mass is 9.84. The van der Waals surface area contributed by atoms with Crippen LogP contribution in [-0.2, 0) is 14.8 Å². The van der Waals surface area contributed by atoms with Crippen LogP contribution in [0.1, 0.15) is 56.4 Å². The van der Waals surface area contributed by atoms with Crippen molar-refractivity contribution in [1.82, 2.24) is 14.1 Å². The van der Waals surface area contributed by atoms with Crippen molar-refractivity contribution in [3.05, 3.63) is 29.8 Å². The van der Waals surface area contributed by atoms with Gasteiger partial charge in [0.2, 0.25) is 15.9 Å². The Balaban J connectivity index is 1.30. The van der Waals surface area contributed by atoms with E-state index in [0.717, 1.165) is 39.1 Å². The quantitative estimate of drug-likeness (QED) is 0.711. The summed E-state index contributed by atoms with van der Waals surface area (Å²) in [4.78, 5) is 16.3. The molecular formula is C22H33N3O3S. The summed E-state index contributed by atoms with van der Waals surface area (Å²) in [5.41, 5.74) is 1.28. The summed E-state index contributed by atoms with van der Waals surface area (Å²) < 4.78 is 27.7. The number of carbonyl (C=O) groups excluding carboxylic acids is 1. The van der Waals surface area contributed by atoms with E-state index < -0.39 is 10.0 Å². The first-order valence-corrected chi connectivity index (χ1v) is 12.6. The van der Waals surface area contributed by atoms with Crippen molar-refractivity contribution in [2.45, 2.75) is 55.8 Å². The van der Waals surface area contributed by atoms with E-state index >= 15 is 0 Å². The fourth-order valence-corrected chi connectivity index (χ4v) is 6.32. The maximum Gasteiger partial charge on any atom is 0.243 e. The Bertz CT molecular complexity index is 795. The van der Waals surface area contributed by atoms with Crippen molar-refractivity contribution in [3.63, 3.8) is 0 Å². The van der Waals surface area contributed by atoms with Gasteiger partial charge in [0.25, 0.3) is 0 Å². The zero-order chi connectivity index (χ0) is 20.3. The van der Waals surface area contributed by atoms with Crippen LogP contribution in [0.3, 0.4) is 0 Å². The molecule has 6 nitrogen and oxygen atoms in total. The van der Waals surface area contributed by atoms with E-state index in [-0.39, 0.29) is 5.91 Å². The van der Waals surface area contributed by atoms with Crippen molar-refractivity contribution in [2.24, 2.45) is 0 Å². The summed E-state index contributed by atoms with van der Waals surface area (Å²) in [6.45, 7) is 4.93. The Labute approximate surface area is 174 Å². The average molecular weight is 420 g/mol. The molecule has 0 radical (unpaired) electrons. The third kappa shape index (κ3) is 4.84. The highest BCUT2D eigenvalue weighted by molar-refractivity contribution is 7.89. The Kier molecular flexibility index (Phi) is 6.56. The number of likely N-dealkylation sites (tertiary alicyclic amines) is 1. The Morgan fingerprint density at radius 1 is 0.828 bits per heavy atom. The average Bonchev–Trinajstić information content (AvgIpc) is 3.18. The van der Waals surface area contributed by atoms with Gasteiger partial charge in [-0.15, -0.1) is 0 Å². The Morgan fingerprint density at radius 3 is 2.14 bits per heavy atom. The SMILES string of the molecule is O=C1CCCN1CCN1CCN(S(=O)(=O)c2ccc(C3CCCCC3)cc2)CC1. The predicted octanol–water partition coefficient (Wildman–Crippen LogP) is 2.66. The molecule has 3 aliphatic rings. The van der Waals surface area contributed by atoms with Crippen LogP contribution in [0.5, 0.6) is 0 Å². The van der Waals surface area contributed by atoms with Gasteiger partial charge in [0.1, 0.15) is 0 Å². The Hall–Kier alpha value is -1.44. The van der Waals surface area contributed by atoms with E-state index in [1.165, 1.54) is 37.7 Å². The molecule has 2 aliphatic heterocycles. The number of sulfonamides is 1. The minimum Gasteiger partial charge on any atom is -0.341 e. The number of benzene rings is 1. The van der Waals surface area contributed by atoms with Crippen molar-refractivity contribution in [2.75, 3.05) is 45.8 Å². The van der Waals surface area contributed by atoms with Gasteiger partial charge in [0, 0.05) is 52.2 Å². The molecule has 1 amide bonds. The molecule has 0 bridgehead atoms. The molecule has 0 unspecified atom stereocenters. The molecule has 0 aromatic heterocycles. The van der Waals surface area contributed by atoms with Crippen molar-refractivity contribution in [1.29, 1.82) is 0 Å². The van der Waals surface area contributed by atoms with Gasteiger partial charge in [-0.25, -0.2) is 8.42 Å². The number of piperazine rings is 1. The molecular weight excluding hydrogens is 386 g/mol. The summed E-state index contributed by atoms with van der Waals surface area (Å²) in [5.74, 6) is 0.842. The first-order valence-electron chi connectivity index (χ1n) is 11.1. The lowest BCUT2D eigenvalue weighted by molar-refractivity contribution is -0.127. The van der Waals surface area contributed by atoms with E-state index in [1.807, 2.05) is 17.0 Å². The highest BCUT2D eigenvalue weighted by Crippen LogP contribution is 2.33. The summed E-state index contributed by atoms with van der Waals surface area (Å²) >= 11 is 0. The third-order valence-corrected chi connectivity index (χ3v) is 8.70. The van der Waals surface area contributed by atoms with Gasteiger partial charge >= 0.3 is 0 Å². The molecule has 3 fully saturated rings. The summed E-state index contributed by atoms with van der Waals surface area (Å²) in [5, 5.41) is 0.